The topological polar surface area (TPSA) is 55.9 Å². The molecule has 0 aliphatic rings. The highest BCUT2D eigenvalue weighted by molar-refractivity contribution is 7.80. The van der Waals surface area contributed by atoms with E-state index in [4.69, 9.17) is 26.4 Å². The number of nitrogens with zero attached hydrogens (tertiary/aromatic N) is 2. The third-order valence-corrected chi connectivity index (χ3v) is 5.02. The highest BCUT2D eigenvalue weighted by Gasteiger charge is 2.17. The van der Waals surface area contributed by atoms with E-state index in [1.165, 1.54) is 0 Å². The number of pyridine rings is 1. The molecule has 162 valence electrons. The average Bonchev–Trinajstić information content (AvgIpc) is 2.80. The second-order valence-corrected chi connectivity index (χ2v) is 7.12. The minimum Gasteiger partial charge on any atom is -0.493 e. The Labute approximate surface area is 188 Å². The number of methoxy groups -OCH3 is 2. The number of rotatable bonds is 9. The summed E-state index contributed by atoms with van der Waals surface area (Å²) in [6, 6.07) is 17.5. The molecule has 31 heavy (non-hydrogen) atoms. The first-order valence-electron chi connectivity index (χ1n) is 10.0. The molecular weight excluding hydrogens is 410 g/mol. The van der Waals surface area contributed by atoms with Gasteiger partial charge in [0.25, 0.3) is 0 Å². The van der Waals surface area contributed by atoms with Gasteiger partial charge in [0.05, 0.1) is 26.5 Å². The molecule has 1 aromatic heterocycles. The van der Waals surface area contributed by atoms with Gasteiger partial charge in [0.15, 0.2) is 16.6 Å². The van der Waals surface area contributed by atoms with E-state index >= 15 is 0 Å². The zero-order chi connectivity index (χ0) is 22.1. The molecule has 3 aromatic rings. The van der Waals surface area contributed by atoms with E-state index in [1.807, 2.05) is 67.7 Å². The van der Waals surface area contributed by atoms with E-state index in [2.05, 4.69) is 15.2 Å². The summed E-state index contributed by atoms with van der Waals surface area (Å²) in [5.74, 6) is 2.13. The van der Waals surface area contributed by atoms with Crippen LogP contribution in [0, 0.1) is 0 Å². The number of hydrogen-bond donors (Lipinski definition) is 1. The molecule has 6 nitrogen and oxygen atoms in total. The highest BCUT2D eigenvalue weighted by Crippen LogP contribution is 2.32. The number of benzene rings is 2. The fourth-order valence-corrected chi connectivity index (χ4v) is 3.48. The van der Waals surface area contributed by atoms with Crippen LogP contribution in [0.5, 0.6) is 17.2 Å². The van der Waals surface area contributed by atoms with E-state index in [-0.39, 0.29) is 0 Å². The van der Waals surface area contributed by atoms with Gasteiger partial charge < -0.3 is 24.4 Å². The van der Waals surface area contributed by atoms with E-state index in [1.54, 1.807) is 20.4 Å². The molecular formula is C24H27N3O3S. The zero-order valence-corrected chi connectivity index (χ0v) is 18.8. The first kappa shape index (κ1) is 22.4. The van der Waals surface area contributed by atoms with Crippen molar-refractivity contribution in [2.24, 2.45) is 0 Å². The molecule has 3 rings (SSSR count). The number of anilines is 1. The third-order valence-electron chi connectivity index (χ3n) is 4.66. The highest BCUT2D eigenvalue weighted by atomic mass is 32.1. The number of aromatic nitrogens is 1. The molecule has 0 atom stereocenters. The number of hydrogen-bond acceptors (Lipinski definition) is 5. The van der Waals surface area contributed by atoms with E-state index < -0.39 is 0 Å². The van der Waals surface area contributed by atoms with Crippen LogP contribution in [0.3, 0.4) is 0 Å². The van der Waals surface area contributed by atoms with Gasteiger partial charge in [-0.05, 0) is 49.0 Å². The maximum absolute atomic E-state index is 5.81. The van der Waals surface area contributed by atoms with Crippen molar-refractivity contribution in [2.45, 2.75) is 20.0 Å². The Balaban J connectivity index is 1.89. The largest absolute Gasteiger partial charge is 0.493 e. The van der Waals surface area contributed by atoms with Crippen molar-refractivity contribution in [1.29, 1.82) is 0 Å². The molecule has 0 aliphatic heterocycles. The summed E-state index contributed by atoms with van der Waals surface area (Å²) in [4.78, 5) is 6.29. The fraction of sp³-hybridized carbons (Fsp3) is 0.250. The van der Waals surface area contributed by atoms with Crippen LogP contribution < -0.4 is 19.5 Å². The summed E-state index contributed by atoms with van der Waals surface area (Å²) in [6.07, 6.45) is 3.60. The van der Waals surface area contributed by atoms with E-state index in [0.717, 1.165) is 22.6 Å². The summed E-state index contributed by atoms with van der Waals surface area (Å²) in [5, 5.41) is 3.91. The molecule has 0 unspecified atom stereocenters. The predicted molar refractivity (Wildman–Crippen MR) is 127 cm³/mol. The van der Waals surface area contributed by atoms with Crippen molar-refractivity contribution in [3.63, 3.8) is 0 Å². The molecule has 1 heterocycles. The Kier molecular flexibility index (Phi) is 8.06. The number of ether oxygens (including phenoxy) is 3. The Morgan fingerprint density at radius 2 is 1.77 bits per heavy atom. The maximum Gasteiger partial charge on any atom is 0.174 e. The van der Waals surface area contributed by atoms with E-state index in [9.17, 15) is 0 Å². The number of thiocarbonyl (C=S) groups is 1. The lowest BCUT2D eigenvalue weighted by molar-refractivity contribution is 0.339. The van der Waals surface area contributed by atoms with Gasteiger partial charge in [-0.25, -0.2) is 0 Å². The summed E-state index contributed by atoms with van der Waals surface area (Å²) in [7, 11) is 3.27. The summed E-state index contributed by atoms with van der Waals surface area (Å²) >= 11 is 5.81. The van der Waals surface area contributed by atoms with Crippen LogP contribution in [0.4, 0.5) is 5.69 Å². The van der Waals surface area contributed by atoms with Gasteiger partial charge in [-0.15, -0.1) is 0 Å². The standard InChI is InChI=1S/C24H27N3O3S/c1-4-30-21-12-6-5-11-20(21)26-24(31)27(16-18-9-8-14-25-15-18)17-19-10-7-13-22(28-2)23(19)29-3/h5-15H,4,16-17H2,1-3H3,(H,26,31). The van der Waals surface area contributed by atoms with Crippen molar-refractivity contribution in [1.82, 2.24) is 9.88 Å². The van der Waals surface area contributed by atoms with Gasteiger partial charge in [-0.3, -0.25) is 4.98 Å². The molecule has 0 saturated carbocycles. The van der Waals surface area contributed by atoms with Crippen LogP contribution in [0.25, 0.3) is 0 Å². The summed E-state index contributed by atoms with van der Waals surface area (Å²) in [5.41, 5.74) is 2.84. The Morgan fingerprint density at radius 3 is 2.48 bits per heavy atom. The molecule has 7 heteroatoms. The molecule has 1 N–H and O–H groups in total. The van der Waals surface area contributed by atoms with Crippen LogP contribution in [0.15, 0.2) is 67.0 Å². The molecule has 2 aromatic carbocycles. The molecule has 0 spiro atoms. The third kappa shape index (κ3) is 5.86. The Bertz CT molecular complexity index is 998. The smallest absolute Gasteiger partial charge is 0.174 e. The number of nitrogens with one attached hydrogen (secondary N) is 1. The molecule has 0 saturated heterocycles. The normalized spacial score (nSPS) is 10.3. The second kappa shape index (κ2) is 11.2. The van der Waals surface area contributed by atoms with Crippen LogP contribution in [0.2, 0.25) is 0 Å². The monoisotopic (exact) mass is 437 g/mol. The predicted octanol–water partition coefficient (Wildman–Crippen LogP) is 4.90. The van der Waals surface area contributed by atoms with E-state index in [0.29, 0.717) is 36.3 Å². The lowest BCUT2D eigenvalue weighted by Gasteiger charge is -2.27. The molecule has 0 aliphatic carbocycles. The summed E-state index contributed by atoms with van der Waals surface area (Å²) in [6.45, 7) is 3.64. The molecule has 0 radical (unpaired) electrons. The van der Waals surface area contributed by atoms with Crippen LogP contribution in [0.1, 0.15) is 18.1 Å². The number of para-hydroxylation sites is 3. The summed E-state index contributed by atoms with van der Waals surface area (Å²) < 4.78 is 16.8. The second-order valence-electron chi connectivity index (χ2n) is 6.73. The van der Waals surface area contributed by atoms with Crippen molar-refractivity contribution >= 4 is 23.0 Å². The minimum atomic E-state index is 0.526. The van der Waals surface area contributed by atoms with Gasteiger partial charge in [-0.2, -0.15) is 0 Å². The molecule has 0 bridgehead atoms. The fourth-order valence-electron chi connectivity index (χ4n) is 3.24. The van der Waals surface area contributed by atoms with Crippen molar-refractivity contribution in [3.05, 3.63) is 78.1 Å². The van der Waals surface area contributed by atoms with Crippen LogP contribution in [-0.2, 0) is 13.1 Å². The molecule has 0 fully saturated rings. The minimum absolute atomic E-state index is 0.526. The SMILES string of the molecule is CCOc1ccccc1NC(=S)N(Cc1cccnc1)Cc1cccc(OC)c1OC. The average molecular weight is 438 g/mol. The van der Waals surface area contributed by atoms with Gasteiger partial charge in [-0.1, -0.05) is 30.3 Å². The van der Waals surface area contributed by atoms with Gasteiger partial charge in [0.2, 0.25) is 0 Å². The van der Waals surface area contributed by atoms with Gasteiger partial charge >= 0.3 is 0 Å². The lowest BCUT2D eigenvalue weighted by Crippen LogP contribution is -2.34. The van der Waals surface area contributed by atoms with Crippen LogP contribution >= 0.6 is 12.2 Å². The van der Waals surface area contributed by atoms with Gasteiger partial charge in [0.1, 0.15) is 5.75 Å². The quantitative estimate of drug-likeness (QED) is 0.478. The van der Waals surface area contributed by atoms with Crippen molar-refractivity contribution in [2.75, 3.05) is 26.1 Å². The van der Waals surface area contributed by atoms with Crippen LogP contribution in [-0.4, -0.2) is 35.8 Å². The maximum atomic E-state index is 5.81. The van der Waals surface area contributed by atoms with Crippen molar-refractivity contribution < 1.29 is 14.2 Å². The Hall–Kier alpha value is -3.32. The lowest BCUT2D eigenvalue weighted by atomic mass is 10.1. The first-order chi connectivity index (χ1) is 15.2. The molecule has 0 amide bonds. The first-order valence-corrected chi connectivity index (χ1v) is 10.4. The van der Waals surface area contributed by atoms with Crippen molar-refractivity contribution in [3.8, 4) is 17.2 Å². The van der Waals surface area contributed by atoms with Gasteiger partial charge in [0, 0.05) is 31.0 Å². The Morgan fingerprint density at radius 1 is 0.968 bits per heavy atom. The zero-order valence-electron chi connectivity index (χ0n) is 18.0.